The smallest absolute Gasteiger partial charge is 0.255 e. The molecule has 0 amide bonds. The Morgan fingerprint density at radius 1 is 1.30 bits per heavy atom. The molecule has 0 bridgehead atoms. The molecule has 0 radical (unpaired) electrons. The lowest BCUT2D eigenvalue weighted by Crippen LogP contribution is -2.47. The summed E-state index contributed by atoms with van der Waals surface area (Å²) in [7, 11) is 1.96. The van der Waals surface area contributed by atoms with Crippen LogP contribution in [0.1, 0.15) is 36.4 Å². The molecule has 0 aromatic carbocycles. The first kappa shape index (κ1) is 18.2. The summed E-state index contributed by atoms with van der Waals surface area (Å²) in [6.07, 6.45) is 2.91. The number of hydrogen-bond acceptors (Lipinski definition) is 6. The monoisotopic (exact) mass is 372 g/mol. The van der Waals surface area contributed by atoms with E-state index in [1.165, 1.54) is 11.3 Å². The molecule has 2 aliphatic rings. The van der Waals surface area contributed by atoms with Crippen LogP contribution in [0.15, 0.2) is 11.0 Å². The van der Waals surface area contributed by atoms with Gasteiger partial charge in [0.2, 0.25) is 5.95 Å². The zero-order chi connectivity index (χ0) is 19.1. The largest absolute Gasteiger partial charge is 0.372 e. The van der Waals surface area contributed by atoms with E-state index in [4.69, 9.17) is 9.72 Å². The highest BCUT2D eigenvalue weighted by molar-refractivity contribution is 5.35. The summed E-state index contributed by atoms with van der Waals surface area (Å²) in [6.45, 7) is 10.0. The number of morpholine rings is 1. The first-order chi connectivity index (χ1) is 12.9. The zero-order valence-corrected chi connectivity index (χ0v) is 16.5. The fourth-order valence-electron chi connectivity index (χ4n) is 4.06. The first-order valence-corrected chi connectivity index (χ1v) is 9.63. The molecular weight excluding hydrogens is 344 g/mol. The van der Waals surface area contributed by atoms with Gasteiger partial charge in [0.1, 0.15) is 0 Å². The summed E-state index contributed by atoms with van der Waals surface area (Å²) in [5.74, 6) is 0.667. The predicted molar refractivity (Wildman–Crippen MR) is 103 cm³/mol. The van der Waals surface area contributed by atoms with Gasteiger partial charge in [-0.15, -0.1) is 0 Å². The normalized spacial score (nSPS) is 23.5. The van der Waals surface area contributed by atoms with E-state index in [2.05, 4.69) is 40.7 Å². The van der Waals surface area contributed by atoms with Crippen LogP contribution >= 0.6 is 0 Å². The van der Waals surface area contributed by atoms with Crippen molar-refractivity contribution in [2.24, 2.45) is 7.05 Å². The van der Waals surface area contributed by atoms with Gasteiger partial charge in [0.15, 0.2) is 0 Å². The first-order valence-electron chi connectivity index (χ1n) is 9.63. The van der Waals surface area contributed by atoms with Gasteiger partial charge in [-0.3, -0.25) is 19.4 Å². The summed E-state index contributed by atoms with van der Waals surface area (Å²) in [5.41, 5.74) is 4.12. The number of nitrogens with one attached hydrogen (secondary N) is 1. The number of nitrogens with zero attached hydrogens (tertiary/aromatic N) is 5. The zero-order valence-electron chi connectivity index (χ0n) is 16.5. The number of rotatable bonds is 3. The minimum absolute atomic E-state index is 0.000920. The number of fused-ring (bicyclic) bond motifs is 1. The maximum absolute atomic E-state index is 12.6. The van der Waals surface area contributed by atoms with Crippen molar-refractivity contribution >= 4 is 5.95 Å². The number of hydrogen-bond donors (Lipinski definition) is 1. The van der Waals surface area contributed by atoms with Crippen LogP contribution in [0.4, 0.5) is 5.95 Å². The van der Waals surface area contributed by atoms with Crippen molar-refractivity contribution in [3.05, 3.63) is 39.1 Å². The molecule has 8 nitrogen and oxygen atoms in total. The lowest BCUT2D eigenvalue weighted by molar-refractivity contribution is -0.00576. The summed E-state index contributed by atoms with van der Waals surface area (Å²) in [6, 6.07) is 0. The van der Waals surface area contributed by atoms with E-state index in [9.17, 15) is 4.79 Å². The van der Waals surface area contributed by atoms with Crippen LogP contribution in [-0.4, -0.2) is 56.5 Å². The minimum atomic E-state index is -0.000920. The lowest BCUT2D eigenvalue weighted by atomic mass is 10.1. The van der Waals surface area contributed by atoms with Crippen molar-refractivity contribution in [2.75, 3.05) is 24.5 Å². The maximum atomic E-state index is 12.6. The Balaban J connectivity index is 1.56. The van der Waals surface area contributed by atoms with Crippen LogP contribution in [0.25, 0.3) is 0 Å². The van der Waals surface area contributed by atoms with Gasteiger partial charge in [-0.05, 0) is 27.2 Å². The quantitative estimate of drug-likeness (QED) is 0.865. The van der Waals surface area contributed by atoms with E-state index in [0.717, 1.165) is 43.9 Å². The van der Waals surface area contributed by atoms with Crippen LogP contribution in [0.3, 0.4) is 0 Å². The number of H-pyrrole nitrogens is 1. The van der Waals surface area contributed by atoms with Gasteiger partial charge in [0, 0.05) is 56.6 Å². The molecular formula is C19H28N6O2. The third kappa shape index (κ3) is 3.64. The molecule has 0 saturated carbocycles. The molecule has 4 heterocycles. The third-order valence-electron chi connectivity index (χ3n) is 5.59. The topological polar surface area (TPSA) is 79.3 Å². The number of ether oxygens (including phenoxy) is 1. The van der Waals surface area contributed by atoms with Gasteiger partial charge >= 0.3 is 0 Å². The summed E-state index contributed by atoms with van der Waals surface area (Å²) in [5, 5.41) is 4.33. The number of aromatic amines is 1. The highest BCUT2D eigenvalue weighted by atomic mass is 16.5. The second-order valence-electron chi connectivity index (χ2n) is 7.82. The van der Waals surface area contributed by atoms with Crippen molar-refractivity contribution < 1.29 is 4.74 Å². The molecule has 8 heteroatoms. The van der Waals surface area contributed by atoms with Crippen molar-refractivity contribution in [3.8, 4) is 0 Å². The number of aryl methyl sites for hydroxylation is 1. The Hall–Kier alpha value is -2.19. The van der Waals surface area contributed by atoms with Gasteiger partial charge in [0.25, 0.3) is 5.56 Å². The molecule has 2 aliphatic heterocycles. The Labute approximate surface area is 159 Å². The molecule has 27 heavy (non-hydrogen) atoms. The van der Waals surface area contributed by atoms with Crippen LogP contribution in [-0.2, 0) is 31.3 Å². The molecule has 4 rings (SSSR count). The highest BCUT2D eigenvalue weighted by Crippen LogP contribution is 2.21. The van der Waals surface area contributed by atoms with Crippen molar-refractivity contribution in [1.29, 1.82) is 0 Å². The van der Waals surface area contributed by atoms with E-state index in [0.29, 0.717) is 12.5 Å². The van der Waals surface area contributed by atoms with E-state index < -0.39 is 0 Å². The van der Waals surface area contributed by atoms with E-state index >= 15 is 0 Å². The van der Waals surface area contributed by atoms with Crippen LogP contribution in [0.2, 0.25) is 0 Å². The molecule has 0 unspecified atom stereocenters. The number of anilines is 1. The summed E-state index contributed by atoms with van der Waals surface area (Å²) in [4.78, 5) is 24.9. The standard InChI is InChI=1S/C19H28N6O2/c1-12-8-25(9-13(2)27-12)19-21-17-11-24(6-5-16(17)18(26)22-19)10-15-7-20-23(4)14(15)3/h7,12-13H,5-6,8-11H2,1-4H3,(H,21,22,26)/t12-,13-/m1/s1. The molecule has 1 fully saturated rings. The molecule has 2 atom stereocenters. The van der Waals surface area contributed by atoms with Crippen molar-refractivity contribution in [3.63, 3.8) is 0 Å². The lowest BCUT2D eigenvalue weighted by Gasteiger charge is -2.36. The van der Waals surface area contributed by atoms with Gasteiger partial charge in [-0.1, -0.05) is 0 Å². The average Bonchev–Trinajstić information content (AvgIpc) is 2.92. The van der Waals surface area contributed by atoms with Crippen LogP contribution in [0.5, 0.6) is 0 Å². The summed E-state index contributed by atoms with van der Waals surface area (Å²) < 4.78 is 7.70. The van der Waals surface area contributed by atoms with Gasteiger partial charge in [-0.2, -0.15) is 5.10 Å². The Morgan fingerprint density at radius 2 is 2.04 bits per heavy atom. The second kappa shape index (κ2) is 7.09. The fourth-order valence-corrected chi connectivity index (χ4v) is 4.06. The second-order valence-corrected chi connectivity index (χ2v) is 7.82. The van der Waals surface area contributed by atoms with Crippen molar-refractivity contribution in [1.82, 2.24) is 24.6 Å². The van der Waals surface area contributed by atoms with Crippen molar-refractivity contribution in [2.45, 2.75) is 52.5 Å². The Morgan fingerprint density at radius 3 is 2.70 bits per heavy atom. The number of aromatic nitrogens is 4. The molecule has 1 N–H and O–H groups in total. The van der Waals surface area contributed by atoms with Gasteiger partial charge < -0.3 is 9.64 Å². The highest BCUT2D eigenvalue weighted by Gasteiger charge is 2.27. The maximum Gasteiger partial charge on any atom is 0.255 e. The van der Waals surface area contributed by atoms with Gasteiger partial charge in [0.05, 0.1) is 24.1 Å². The molecule has 2 aromatic heterocycles. The molecule has 2 aromatic rings. The SMILES string of the molecule is Cc1c(CN2CCc3c(nc(N4C[C@@H](C)O[C@H](C)C4)[nH]c3=O)C2)cnn1C. The van der Waals surface area contributed by atoms with E-state index in [1.54, 1.807) is 0 Å². The Kier molecular flexibility index (Phi) is 4.77. The molecule has 146 valence electrons. The van der Waals surface area contributed by atoms with E-state index in [1.807, 2.05) is 17.9 Å². The fraction of sp³-hybridized carbons (Fsp3) is 0.632. The minimum Gasteiger partial charge on any atom is -0.372 e. The summed E-state index contributed by atoms with van der Waals surface area (Å²) >= 11 is 0. The van der Waals surface area contributed by atoms with Crippen LogP contribution < -0.4 is 10.5 Å². The molecule has 0 spiro atoms. The van der Waals surface area contributed by atoms with E-state index in [-0.39, 0.29) is 17.8 Å². The predicted octanol–water partition coefficient (Wildman–Crippen LogP) is 0.984. The Bertz CT molecular complexity index is 879. The molecule has 1 saturated heterocycles. The van der Waals surface area contributed by atoms with Crippen LogP contribution in [0, 0.1) is 6.92 Å². The average molecular weight is 372 g/mol. The molecule has 0 aliphatic carbocycles. The van der Waals surface area contributed by atoms with Gasteiger partial charge in [-0.25, -0.2) is 4.98 Å². The third-order valence-corrected chi connectivity index (χ3v) is 5.59.